The number of likely N-dealkylation sites (tertiary alicyclic amines) is 1. The number of fused-ring (bicyclic) bond motifs is 2. The molecule has 3 aromatic rings. The van der Waals surface area contributed by atoms with Crippen LogP contribution in [0.25, 0.3) is 17.1 Å². The molecule has 1 saturated carbocycles. The van der Waals surface area contributed by atoms with Crippen molar-refractivity contribution in [2.75, 3.05) is 6.54 Å². The molecule has 8 heteroatoms. The Bertz CT molecular complexity index is 1200. The molecule has 2 unspecified atom stereocenters. The van der Waals surface area contributed by atoms with Crippen LogP contribution in [-0.4, -0.2) is 38.1 Å². The fraction of sp³-hybridized carbons (Fsp3) is 0.417. The molecule has 1 aliphatic carbocycles. The first-order valence-corrected chi connectivity index (χ1v) is 10.8. The van der Waals surface area contributed by atoms with Crippen molar-refractivity contribution in [2.24, 2.45) is 10.8 Å². The highest BCUT2D eigenvalue weighted by atomic mass is 16.6. The normalized spacial score (nSPS) is 24.0. The van der Waals surface area contributed by atoms with E-state index in [1.54, 1.807) is 36.6 Å². The van der Waals surface area contributed by atoms with Crippen LogP contribution >= 0.6 is 0 Å². The molecule has 0 N–H and O–H groups in total. The number of carbonyl (C=O) groups is 1. The van der Waals surface area contributed by atoms with E-state index in [9.17, 15) is 14.9 Å². The molecule has 2 fully saturated rings. The van der Waals surface area contributed by atoms with Crippen molar-refractivity contribution in [3.8, 4) is 17.1 Å². The van der Waals surface area contributed by atoms with E-state index in [1.165, 1.54) is 16.8 Å². The molecule has 32 heavy (non-hydrogen) atoms. The van der Waals surface area contributed by atoms with E-state index < -0.39 is 4.92 Å². The highest BCUT2D eigenvalue weighted by molar-refractivity contribution is 5.95. The van der Waals surface area contributed by atoms with Gasteiger partial charge in [0.1, 0.15) is 11.4 Å². The third kappa shape index (κ3) is 3.49. The summed E-state index contributed by atoms with van der Waals surface area (Å²) in [6.07, 6.45) is 4.60. The van der Waals surface area contributed by atoms with Gasteiger partial charge in [-0.1, -0.05) is 26.8 Å². The molecule has 1 saturated heterocycles. The molecule has 8 nitrogen and oxygen atoms in total. The first kappa shape index (κ1) is 20.5. The van der Waals surface area contributed by atoms with Gasteiger partial charge in [-0.2, -0.15) is 5.10 Å². The molecule has 2 atom stereocenters. The number of non-ortho nitro benzene ring substituents is 1. The predicted octanol–water partition coefficient (Wildman–Crippen LogP) is 5.08. The van der Waals surface area contributed by atoms with Crippen LogP contribution in [0, 0.1) is 20.9 Å². The zero-order valence-electron chi connectivity index (χ0n) is 18.4. The first-order valence-electron chi connectivity index (χ1n) is 10.8. The van der Waals surface area contributed by atoms with Gasteiger partial charge in [-0.25, -0.2) is 4.68 Å². The molecule has 2 aliphatic rings. The summed E-state index contributed by atoms with van der Waals surface area (Å²) in [4.78, 5) is 26.7. The zero-order valence-corrected chi connectivity index (χ0v) is 18.4. The summed E-state index contributed by atoms with van der Waals surface area (Å²) >= 11 is 0. The average Bonchev–Trinajstić information content (AvgIpc) is 3.44. The number of nitro groups is 1. The van der Waals surface area contributed by atoms with Gasteiger partial charge in [0.2, 0.25) is 0 Å². The summed E-state index contributed by atoms with van der Waals surface area (Å²) < 4.78 is 7.00. The average molecular weight is 434 g/mol. The van der Waals surface area contributed by atoms with Crippen molar-refractivity contribution >= 4 is 11.6 Å². The number of hydrogen-bond acceptors (Lipinski definition) is 5. The highest BCUT2D eigenvalue weighted by Gasteiger charge is 2.51. The van der Waals surface area contributed by atoms with Gasteiger partial charge in [0.05, 0.1) is 16.9 Å². The predicted molar refractivity (Wildman–Crippen MR) is 118 cm³/mol. The van der Waals surface area contributed by atoms with Crippen LogP contribution in [0.3, 0.4) is 0 Å². The highest BCUT2D eigenvalue weighted by Crippen LogP contribution is 2.52. The molecule has 1 amide bonds. The summed E-state index contributed by atoms with van der Waals surface area (Å²) in [5, 5.41) is 15.9. The van der Waals surface area contributed by atoms with Crippen molar-refractivity contribution < 1.29 is 14.1 Å². The maximum Gasteiger partial charge on any atom is 0.272 e. The van der Waals surface area contributed by atoms with E-state index in [4.69, 9.17) is 4.42 Å². The van der Waals surface area contributed by atoms with Crippen LogP contribution in [0.1, 0.15) is 50.5 Å². The number of rotatable bonds is 4. The number of aromatic nitrogens is 2. The molecule has 1 aromatic carbocycles. The van der Waals surface area contributed by atoms with Gasteiger partial charge in [0.15, 0.2) is 5.76 Å². The van der Waals surface area contributed by atoms with E-state index in [1.807, 2.05) is 4.90 Å². The van der Waals surface area contributed by atoms with E-state index in [0.29, 0.717) is 29.4 Å². The van der Waals surface area contributed by atoms with E-state index >= 15 is 0 Å². The van der Waals surface area contributed by atoms with Crippen LogP contribution in [0.2, 0.25) is 0 Å². The number of nitrogens with zero attached hydrogens (tertiary/aromatic N) is 4. The van der Waals surface area contributed by atoms with Gasteiger partial charge in [-0.05, 0) is 48.3 Å². The van der Waals surface area contributed by atoms with Crippen LogP contribution in [0.15, 0.2) is 53.1 Å². The summed E-state index contributed by atoms with van der Waals surface area (Å²) in [6, 6.07) is 11.6. The summed E-state index contributed by atoms with van der Waals surface area (Å²) in [6.45, 7) is 7.51. The molecule has 5 rings (SSSR count). The number of nitro benzene ring substituents is 1. The summed E-state index contributed by atoms with van der Waals surface area (Å²) in [7, 11) is 0. The monoisotopic (exact) mass is 434 g/mol. The van der Waals surface area contributed by atoms with Crippen LogP contribution in [0.4, 0.5) is 5.69 Å². The zero-order chi connectivity index (χ0) is 22.7. The van der Waals surface area contributed by atoms with Crippen molar-refractivity contribution in [1.82, 2.24) is 14.7 Å². The minimum absolute atomic E-state index is 0.0535. The van der Waals surface area contributed by atoms with Crippen LogP contribution < -0.4 is 0 Å². The lowest BCUT2D eigenvalue weighted by atomic mass is 9.65. The number of hydrogen-bond donors (Lipinski definition) is 0. The second-order valence-electron chi connectivity index (χ2n) is 10.2. The molecule has 2 aromatic heterocycles. The second kappa shape index (κ2) is 7.05. The van der Waals surface area contributed by atoms with Gasteiger partial charge < -0.3 is 9.32 Å². The fourth-order valence-electron chi connectivity index (χ4n) is 5.86. The molecule has 166 valence electrons. The Morgan fingerprint density at radius 1 is 1.19 bits per heavy atom. The topological polar surface area (TPSA) is 94.4 Å². The molecule has 3 heterocycles. The molecule has 0 radical (unpaired) electrons. The summed E-state index contributed by atoms with van der Waals surface area (Å²) in [5.74, 6) is 0.435. The van der Waals surface area contributed by atoms with Gasteiger partial charge in [0, 0.05) is 30.8 Å². The number of amides is 1. The van der Waals surface area contributed by atoms with Crippen LogP contribution in [-0.2, 0) is 0 Å². The molecule has 0 spiro atoms. The van der Waals surface area contributed by atoms with Crippen molar-refractivity contribution in [3.05, 3.63) is 64.5 Å². The minimum Gasteiger partial charge on any atom is -0.463 e. The van der Waals surface area contributed by atoms with Crippen molar-refractivity contribution in [2.45, 2.75) is 46.1 Å². The van der Waals surface area contributed by atoms with E-state index in [0.717, 1.165) is 19.3 Å². The lowest BCUT2D eigenvalue weighted by molar-refractivity contribution is -0.384. The Morgan fingerprint density at radius 2 is 2.00 bits per heavy atom. The molecule has 2 bridgehead atoms. The van der Waals surface area contributed by atoms with Crippen molar-refractivity contribution in [3.63, 3.8) is 0 Å². The SMILES string of the molecule is CC1(C)CC2CC(C)(CN2C(=O)c2cc(-c3ccco3)nn2-c2cccc([N+](=O)[O-])c2)C1. The minimum atomic E-state index is -0.450. The Balaban J connectivity index is 1.58. The number of benzene rings is 1. The third-order valence-corrected chi connectivity index (χ3v) is 6.66. The smallest absolute Gasteiger partial charge is 0.272 e. The Labute approximate surface area is 186 Å². The lowest BCUT2D eigenvalue weighted by Crippen LogP contribution is -2.38. The van der Waals surface area contributed by atoms with Crippen molar-refractivity contribution in [1.29, 1.82) is 0 Å². The molecule has 1 aliphatic heterocycles. The van der Waals surface area contributed by atoms with E-state index in [-0.39, 0.29) is 28.5 Å². The quantitative estimate of drug-likeness (QED) is 0.421. The fourth-order valence-corrected chi connectivity index (χ4v) is 5.86. The van der Waals surface area contributed by atoms with Gasteiger partial charge in [-0.15, -0.1) is 0 Å². The van der Waals surface area contributed by atoms with Crippen LogP contribution in [0.5, 0.6) is 0 Å². The van der Waals surface area contributed by atoms with E-state index in [2.05, 4.69) is 25.9 Å². The summed E-state index contributed by atoms with van der Waals surface area (Å²) in [5.41, 5.74) is 1.59. The lowest BCUT2D eigenvalue weighted by Gasteiger charge is -2.39. The van der Waals surface area contributed by atoms with Gasteiger partial charge >= 0.3 is 0 Å². The van der Waals surface area contributed by atoms with Gasteiger partial charge in [0.25, 0.3) is 11.6 Å². The second-order valence-corrected chi connectivity index (χ2v) is 10.2. The third-order valence-electron chi connectivity index (χ3n) is 6.66. The molecular weight excluding hydrogens is 408 g/mol. The number of furan rings is 1. The first-order chi connectivity index (χ1) is 15.1. The Kier molecular flexibility index (Phi) is 4.51. The molecular formula is C24H26N4O4. The number of carbonyl (C=O) groups excluding carboxylic acids is 1. The standard InChI is InChI=1S/C24H26N4O4/c1-23(2)12-18-13-24(3,14-23)15-26(18)22(29)20-11-19(21-8-5-9-32-21)25-27(20)16-6-4-7-17(10-16)28(30)31/h4-11,18H,12-15H2,1-3H3. The Hall–Kier alpha value is -3.42. The largest absolute Gasteiger partial charge is 0.463 e. The maximum absolute atomic E-state index is 13.8. The Morgan fingerprint density at radius 3 is 2.72 bits per heavy atom. The van der Waals surface area contributed by atoms with Gasteiger partial charge in [-0.3, -0.25) is 14.9 Å². The maximum atomic E-state index is 13.8.